The molecule has 0 aliphatic rings. The summed E-state index contributed by atoms with van der Waals surface area (Å²) in [6.07, 6.45) is 0.985. The van der Waals surface area contributed by atoms with Crippen molar-refractivity contribution in [1.82, 2.24) is 0 Å². The lowest BCUT2D eigenvalue weighted by atomic mass is 9.97. The molecule has 0 heterocycles. The van der Waals surface area contributed by atoms with Gasteiger partial charge in [0.25, 0.3) is 0 Å². The summed E-state index contributed by atoms with van der Waals surface area (Å²) in [5, 5.41) is 0. The van der Waals surface area contributed by atoms with Gasteiger partial charge in [-0.2, -0.15) is 0 Å². The van der Waals surface area contributed by atoms with Crippen LogP contribution in [0.25, 0.3) is 0 Å². The summed E-state index contributed by atoms with van der Waals surface area (Å²) in [6, 6.07) is 0. The molecule has 1 unspecified atom stereocenters. The molecule has 2 nitrogen and oxygen atoms in total. The third-order valence-corrected chi connectivity index (χ3v) is 3.25. The first kappa shape index (κ1) is 13.4. The zero-order chi connectivity index (χ0) is 10.6. The molecule has 0 radical (unpaired) electrons. The van der Waals surface area contributed by atoms with Crippen molar-refractivity contribution in [3.8, 4) is 0 Å². The number of rotatable bonds is 5. The maximum atomic E-state index is 9.62. The highest BCUT2D eigenvalue weighted by Gasteiger charge is 2.25. The van der Waals surface area contributed by atoms with Gasteiger partial charge in [0.2, 0.25) is 0 Å². The van der Waals surface area contributed by atoms with Crippen LogP contribution in [0.2, 0.25) is 0 Å². The van der Waals surface area contributed by atoms with Gasteiger partial charge >= 0.3 is 0 Å². The lowest BCUT2D eigenvalue weighted by molar-refractivity contribution is 0.0857. The van der Waals surface area contributed by atoms with Crippen LogP contribution in [0.4, 0.5) is 0 Å². The topological polar surface area (TPSA) is 29.5 Å². The minimum atomic E-state index is -1.26. The molecule has 0 amide bonds. The zero-order valence-corrected chi connectivity index (χ0v) is 10.6. The van der Waals surface area contributed by atoms with E-state index in [1.54, 1.807) is 0 Å². The molecule has 3 heteroatoms. The fraction of sp³-hybridized carbons (Fsp3) is 1.00. The van der Waals surface area contributed by atoms with Crippen molar-refractivity contribution in [1.29, 1.82) is 0 Å². The standard InChI is InChI=1S/C10H23O2P/c1-8(2)7-10(5,6)12-13(11)9(3)4/h8-9,11H,7H2,1-6H3. The van der Waals surface area contributed by atoms with E-state index in [9.17, 15) is 4.89 Å². The van der Waals surface area contributed by atoms with Crippen molar-refractivity contribution in [2.75, 3.05) is 0 Å². The average molecular weight is 206 g/mol. The second kappa shape index (κ2) is 5.29. The molecule has 0 aliphatic heterocycles. The van der Waals surface area contributed by atoms with E-state index in [-0.39, 0.29) is 11.3 Å². The van der Waals surface area contributed by atoms with Crippen LogP contribution in [0.5, 0.6) is 0 Å². The Hall–Kier alpha value is 0.350. The Balaban J connectivity index is 4.00. The Labute approximate surface area is 83.6 Å². The third kappa shape index (κ3) is 6.42. The molecule has 0 saturated heterocycles. The smallest absolute Gasteiger partial charge is 0.170 e. The zero-order valence-electron chi connectivity index (χ0n) is 9.66. The lowest BCUT2D eigenvalue weighted by Gasteiger charge is -2.30. The summed E-state index contributed by atoms with van der Waals surface area (Å²) in [6.45, 7) is 12.4. The maximum absolute atomic E-state index is 9.62. The van der Waals surface area contributed by atoms with Crippen LogP contribution in [0.1, 0.15) is 48.0 Å². The molecule has 80 valence electrons. The van der Waals surface area contributed by atoms with Gasteiger partial charge in [-0.25, -0.2) is 0 Å². The minimum Gasteiger partial charge on any atom is -0.350 e. The molecule has 0 fully saturated rings. The van der Waals surface area contributed by atoms with E-state index in [2.05, 4.69) is 13.8 Å². The summed E-state index contributed by atoms with van der Waals surface area (Å²) >= 11 is 0. The van der Waals surface area contributed by atoms with Crippen molar-refractivity contribution in [2.45, 2.75) is 59.2 Å². The van der Waals surface area contributed by atoms with Crippen molar-refractivity contribution in [3.05, 3.63) is 0 Å². The molecule has 1 atom stereocenters. The molecular formula is C10H23O2P. The largest absolute Gasteiger partial charge is 0.350 e. The molecule has 0 spiro atoms. The molecule has 0 aromatic heterocycles. The Kier molecular flexibility index (Phi) is 5.43. The van der Waals surface area contributed by atoms with Crippen LogP contribution in [0.15, 0.2) is 0 Å². The van der Waals surface area contributed by atoms with E-state index >= 15 is 0 Å². The summed E-state index contributed by atoms with van der Waals surface area (Å²) < 4.78 is 5.63. The van der Waals surface area contributed by atoms with E-state index in [0.29, 0.717) is 5.92 Å². The highest BCUT2D eigenvalue weighted by molar-refractivity contribution is 7.47. The van der Waals surface area contributed by atoms with Crippen molar-refractivity contribution in [2.24, 2.45) is 5.92 Å². The Bertz CT molecular complexity index is 144. The fourth-order valence-electron chi connectivity index (χ4n) is 1.38. The fourth-order valence-corrected chi connectivity index (χ4v) is 2.17. The van der Waals surface area contributed by atoms with Gasteiger partial charge < -0.3 is 9.42 Å². The first-order valence-electron chi connectivity index (χ1n) is 4.92. The maximum Gasteiger partial charge on any atom is 0.170 e. The van der Waals surface area contributed by atoms with Crippen molar-refractivity contribution < 1.29 is 9.42 Å². The van der Waals surface area contributed by atoms with Crippen LogP contribution in [-0.2, 0) is 4.52 Å². The van der Waals surface area contributed by atoms with Gasteiger partial charge in [-0.1, -0.05) is 27.7 Å². The van der Waals surface area contributed by atoms with Gasteiger partial charge in [0.05, 0.1) is 5.60 Å². The molecule has 0 aromatic rings. The summed E-state index contributed by atoms with van der Waals surface area (Å²) in [5.74, 6) is 0.602. The minimum absolute atomic E-state index is 0.196. The van der Waals surface area contributed by atoms with E-state index in [1.165, 1.54) is 0 Å². The summed E-state index contributed by atoms with van der Waals surface area (Å²) in [7, 11) is -1.26. The van der Waals surface area contributed by atoms with Crippen molar-refractivity contribution in [3.63, 3.8) is 0 Å². The SMILES string of the molecule is CC(C)CC(C)(C)OP(O)C(C)C. The van der Waals surface area contributed by atoms with Crippen molar-refractivity contribution >= 4 is 8.38 Å². The Morgan fingerprint density at radius 2 is 1.69 bits per heavy atom. The number of hydrogen-bond acceptors (Lipinski definition) is 2. The van der Waals surface area contributed by atoms with Crippen LogP contribution in [0.3, 0.4) is 0 Å². The van der Waals surface area contributed by atoms with E-state index in [0.717, 1.165) is 6.42 Å². The predicted octanol–water partition coefficient (Wildman–Crippen LogP) is 3.54. The first-order valence-corrected chi connectivity index (χ1v) is 6.20. The second-order valence-corrected chi connectivity index (χ2v) is 6.67. The summed E-state index contributed by atoms with van der Waals surface area (Å²) in [4.78, 5) is 9.62. The van der Waals surface area contributed by atoms with Crippen LogP contribution in [-0.4, -0.2) is 16.2 Å². The predicted molar refractivity (Wildman–Crippen MR) is 58.9 cm³/mol. The molecule has 13 heavy (non-hydrogen) atoms. The highest BCUT2D eigenvalue weighted by atomic mass is 31.2. The molecule has 0 aliphatic carbocycles. The van der Waals surface area contributed by atoms with Crippen LogP contribution >= 0.6 is 8.38 Å². The monoisotopic (exact) mass is 206 g/mol. The molecular weight excluding hydrogens is 183 g/mol. The molecule has 0 rings (SSSR count). The van der Waals surface area contributed by atoms with Gasteiger partial charge in [0.1, 0.15) is 0 Å². The van der Waals surface area contributed by atoms with E-state index < -0.39 is 8.38 Å². The Morgan fingerprint density at radius 1 is 1.23 bits per heavy atom. The quantitative estimate of drug-likeness (QED) is 0.697. The van der Waals surface area contributed by atoms with Gasteiger partial charge in [-0.05, 0) is 26.2 Å². The third-order valence-electron chi connectivity index (χ3n) is 1.68. The van der Waals surface area contributed by atoms with Gasteiger partial charge in [-0.3, -0.25) is 0 Å². The Morgan fingerprint density at radius 3 is 2.00 bits per heavy atom. The normalized spacial score (nSPS) is 15.5. The molecule has 0 aromatic carbocycles. The molecule has 0 bridgehead atoms. The van der Waals surface area contributed by atoms with Crippen LogP contribution < -0.4 is 0 Å². The average Bonchev–Trinajstić information content (AvgIpc) is 1.81. The highest BCUT2D eigenvalue weighted by Crippen LogP contribution is 2.43. The van der Waals surface area contributed by atoms with E-state index in [1.807, 2.05) is 27.7 Å². The summed E-state index contributed by atoms with van der Waals surface area (Å²) in [5.41, 5.74) is 0.0280. The number of hydrogen-bond donors (Lipinski definition) is 1. The second-order valence-electron chi connectivity index (χ2n) is 4.85. The molecule has 0 saturated carbocycles. The first-order chi connectivity index (χ1) is 5.74. The van der Waals surface area contributed by atoms with E-state index in [4.69, 9.17) is 4.52 Å². The molecule has 1 N–H and O–H groups in total. The van der Waals surface area contributed by atoms with Gasteiger partial charge in [-0.15, -0.1) is 0 Å². The van der Waals surface area contributed by atoms with Gasteiger partial charge in [0.15, 0.2) is 8.38 Å². The lowest BCUT2D eigenvalue weighted by Crippen LogP contribution is -2.25. The van der Waals surface area contributed by atoms with Gasteiger partial charge in [0, 0.05) is 5.66 Å². The van der Waals surface area contributed by atoms with Crippen LogP contribution in [0, 0.1) is 5.92 Å².